The molecule has 0 aliphatic carbocycles. The predicted octanol–water partition coefficient (Wildman–Crippen LogP) is 12.1. The Kier molecular flexibility index (Phi) is 7.45. The maximum atomic E-state index is 9.88. The Balaban J connectivity index is 1.19. The van der Waals surface area contributed by atoms with Crippen molar-refractivity contribution in [2.75, 3.05) is 0 Å². The smallest absolute Gasteiger partial charge is 0.164 e. The van der Waals surface area contributed by atoms with E-state index in [0.717, 1.165) is 82.2 Å². The van der Waals surface area contributed by atoms with Crippen molar-refractivity contribution in [2.45, 2.75) is 0 Å². The maximum Gasteiger partial charge on any atom is 0.164 e. The fourth-order valence-corrected chi connectivity index (χ4v) is 7.66. The summed E-state index contributed by atoms with van der Waals surface area (Å²) in [6.45, 7) is 0. The summed E-state index contributed by atoms with van der Waals surface area (Å²) in [7, 11) is 0. The Morgan fingerprint density at radius 3 is 1.56 bits per heavy atom. The van der Waals surface area contributed by atoms with E-state index in [0.29, 0.717) is 23.0 Å². The molecule has 0 atom stereocenters. The van der Waals surface area contributed by atoms with Gasteiger partial charge in [0.1, 0.15) is 0 Å². The fraction of sp³-hybridized carbons (Fsp3) is 0. The summed E-state index contributed by atoms with van der Waals surface area (Å²) in [6.07, 6.45) is 1.86. The molecule has 0 aliphatic rings. The molecule has 0 bridgehead atoms. The van der Waals surface area contributed by atoms with Gasteiger partial charge < -0.3 is 0 Å². The molecule has 2 heterocycles. The van der Waals surface area contributed by atoms with Crippen molar-refractivity contribution in [1.82, 2.24) is 19.9 Å². The molecule has 54 heavy (non-hydrogen) atoms. The third-order valence-corrected chi connectivity index (χ3v) is 10.2. The Morgan fingerprint density at radius 1 is 0.352 bits per heavy atom. The maximum absolute atomic E-state index is 9.88. The molecular weight excluding hydrogens is 659 g/mol. The van der Waals surface area contributed by atoms with Gasteiger partial charge in [0, 0.05) is 39.2 Å². The number of nitriles is 1. The topological polar surface area (TPSA) is 75.3 Å². The summed E-state index contributed by atoms with van der Waals surface area (Å²) in [5, 5.41) is 17.5. The van der Waals surface area contributed by atoms with Crippen molar-refractivity contribution in [1.29, 1.82) is 5.26 Å². The first kappa shape index (κ1) is 31.2. The molecule has 10 aromatic rings. The fourth-order valence-electron chi connectivity index (χ4n) is 7.66. The number of hydrogen-bond acceptors (Lipinski definition) is 5. The second-order valence-electron chi connectivity index (χ2n) is 13.3. The lowest BCUT2D eigenvalue weighted by atomic mass is 9.87. The molecule has 8 aromatic carbocycles. The Labute approximate surface area is 311 Å². The van der Waals surface area contributed by atoms with Crippen LogP contribution in [0.3, 0.4) is 0 Å². The Morgan fingerprint density at radius 2 is 0.870 bits per heavy atom. The lowest BCUT2D eigenvalue weighted by Gasteiger charge is -2.17. The summed E-state index contributed by atoms with van der Waals surface area (Å²) >= 11 is 0. The summed E-state index contributed by atoms with van der Waals surface area (Å²) in [6, 6.07) is 60.4. The van der Waals surface area contributed by atoms with Gasteiger partial charge in [-0.1, -0.05) is 140 Å². The first-order valence-electron chi connectivity index (χ1n) is 17.9. The van der Waals surface area contributed by atoms with Gasteiger partial charge in [-0.25, -0.2) is 15.0 Å². The zero-order chi connectivity index (χ0) is 36.0. The summed E-state index contributed by atoms with van der Waals surface area (Å²) in [5.41, 5.74) is 8.61. The number of hydrogen-bond donors (Lipinski definition) is 0. The van der Waals surface area contributed by atoms with Crippen molar-refractivity contribution < 1.29 is 0 Å². The van der Waals surface area contributed by atoms with Gasteiger partial charge in [-0.2, -0.15) is 5.26 Å². The van der Waals surface area contributed by atoms with E-state index < -0.39 is 0 Å². The largest absolute Gasteiger partial charge is 0.256 e. The quantitative estimate of drug-likeness (QED) is 0.168. The highest BCUT2D eigenvalue weighted by molar-refractivity contribution is 6.24. The third-order valence-electron chi connectivity index (χ3n) is 10.2. The first-order valence-corrected chi connectivity index (χ1v) is 17.9. The molecule has 5 heteroatoms. The molecule has 250 valence electrons. The molecule has 0 aliphatic heterocycles. The van der Waals surface area contributed by atoms with Crippen LogP contribution >= 0.6 is 0 Å². The van der Waals surface area contributed by atoms with Crippen LogP contribution in [0.5, 0.6) is 0 Å². The van der Waals surface area contributed by atoms with Crippen LogP contribution in [0, 0.1) is 11.3 Å². The van der Waals surface area contributed by atoms with E-state index in [4.69, 9.17) is 19.9 Å². The lowest BCUT2D eigenvalue weighted by molar-refractivity contribution is 1.07. The standard InChI is InChI=1S/C49H29N5/c50-30-35-24-25-40(37-20-8-7-19-36(35)37)43-29-45-41-23-12-26-51-46(41)42(28-44(45)39-22-10-9-21-38(39)43)33-17-11-18-34(27-33)49-53-47(31-13-3-1-4-14-31)52-48(54-49)32-15-5-2-6-16-32/h1-29H. The highest BCUT2D eigenvalue weighted by Gasteiger charge is 2.18. The summed E-state index contributed by atoms with van der Waals surface area (Å²) in [5.74, 6) is 1.85. The van der Waals surface area contributed by atoms with Crippen LogP contribution in [0.2, 0.25) is 0 Å². The second kappa shape index (κ2) is 12.9. The summed E-state index contributed by atoms with van der Waals surface area (Å²) in [4.78, 5) is 19.9. The van der Waals surface area contributed by atoms with Crippen LogP contribution in [-0.4, -0.2) is 19.9 Å². The molecule has 0 unspecified atom stereocenters. The van der Waals surface area contributed by atoms with Crippen molar-refractivity contribution in [3.8, 4) is 62.5 Å². The molecule has 0 N–H and O–H groups in total. The van der Waals surface area contributed by atoms with Crippen LogP contribution < -0.4 is 0 Å². The number of pyridine rings is 1. The average Bonchev–Trinajstić information content (AvgIpc) is 3.26. The molecule has 0 saturated carbocycles. The van der Waals surface area contributed by atoms with Crippen molar-refractivity contribution in [3.05, 3.63) is 182 Å². The first-order chi connectivity index (χ1) is 26.7. The molecule has 0 spiro atoms. The van der Waals surface area contributed by atoms with Gasteiger partial charge in [0.05, 0.1) is 17.1 Å². The van der Waals surface area contributed by atoms with Gasteiger partial charge in [-0.05, 0) is 74.0 Å². The molecule has 0 saturated heterocycles. The van der Waals surface area contributed by atoms with Gasteiger partial charge >= 0.3 is 0 Å². The predicted molar refractivity (Wildman–Crippen MR) is 220 cm³/mol. The monoisotopic (exact) mass is 687 g/mol. The summed E-state index contributed by atoms with van der Waals surface area (Å²) < 4.78 is 0. The zero-order valence-corrected chi connectivity index (χ0v) is 29.0. The van der Waals surface area contributed by atoms with Crippen LogP contribution in [-0.2, 0) is 0 Å². The van der Waals surface area contributed by atoms with Gasteiger partial charge in [-0.15, -0.1) is 0 Å². The molecular formula is C49H29N5. The number of nitrogens with zero attached hydrogens (tertiary/aromatic N) is 5. The van der Waals surface area contributed by atoms with Gasteiger partial charge in [0.2, 0.25) is 0 Å². The minimum atomic E-state index is 0.604. The molecule has 0 radical (unpaired) electrons. The number of benzene rings is 8. The van der Waals surface area contributed by atoms with Crippen LogP contribution in [0.1, 0.15) is 5.56 Å². The molecule has 2 aromatic heterocycles. The van der Waals surface area contributed by atoms with E-state index >= 15 is 0 Å². The van der Waals surface area contributed by atoms with E-state index in [9.17, 15) is 5.26 Å². The minimum absolute atomic E-state index is 0.604. The number of rotatable bonds is 5. The molecule has 10 rings (SSSR count). The highest BCUT2D eigenvalue weighted by atomic mass is 15.0. The van der Waals surface area contributed by atoms with Crippen LogP contribution in [0.15, 0.2) is 176 Å². The van der Waals surface area contributed by atoms with Gasteiger partial charge in [0.15, 0.2) is 17.5 Å². The third kappa shape index (κ3) is 5.25. The molecule has 0 fully saturated rings. The average molecular weight is 688 g/mol. The highest BCUT2D eigenvalue weighted by Crippen LogP contribution is 2.43. The second-order valence-corrected chi connectivity index (χ2v) is 13.3. The molecule has 0 amide bonds. The van der Waals surface area contributed by atoms with E-state index in [2.05, 4.69) is 84.9 Å². The van der Waals surface area contributed by atoms with Gasteiger partial charge in [0.25, 0.3) is 0 Å². The van der Waals surface area contributed by atoms with Crippen molar-refractivity contribution >= 4 is 43.2 Å². The normalized spacial score (nSPS) is 11.3. The van der Waals surface area contributed by atoms with Crippen molar-refractivity contribution in [3.63, 3.8) is 0 Å². The van der Waals surface area contributed by atoms with E-state index in [1.165, 1.54) is 0 Å². The Bertz CT molecular complexity index is 3050. The zero-order valence-electron chi connectivity index (χ0n) is 29.0. The SMILES string of the molecule is N#Cc1ccc(-c2cc3c4cccnc4c(-c4cccc(-c5nc(-c6ccccc6)nc(-c6ccccc6)n5)c4)cc3c3ccccc23)c2ccccc12. The van der Waals surface area contributed by atoms with E-state index in [1.807, 2.05) is 97.2 Å². The van der Waals surface area contributed by atoms with E-state index in [-0.39, 0.29) is 0 Å². The lowest BCUT2D eigenvalue weighted by Crippen LogP contribution is -2.00. The Hall–Kier alpha value is -7.55. The van der Waals surface area contributed by atoms with Crippen LogP contribution in [0.25, 0.3) is 99.6 Å². The minimum Gasteiger partial charge on any atom is -0.256 e. The van der Waals surface area contributed by atoms with Crippen molar-refractivity contribution in [2.24, 2.45) is 0 Å². The number of aromatic nitrogens is 4. The van der Waals surface area contributed by atoms with Crippen LogP contribution in [0.4, 0.5) is 0 Å². The number of fused-ring (bicyclic) bond motifs is 6. The van der Waals surface area contributed by atoms with Gasteiger partial charge in [-0.3, -0.25) is 4.98 Å². The molecule has 5 nitrogen and oxygen atoms in total. The van der Waals surface area contributed by atoms with E-state index in [1.54, 1.807) is 0 Å².